The Morgan fingerprint density at radius 1 is 1.12 bits per heavy atom. The maximum absolute atomic E-state index is 12.4. The van der Waals surface area contributed by atoms with Gasteiger partial charge in [0.1, 0.15) is 5.76 Å². The van der Waals surface area contributed by atoms with Crippen LogP contribution in [0, 0.1) is 6.92 Å². The summed E-state index contributed by atoms with van der Waals surface area (Å²) in [6, 6.07) is 1.66. The Morgan fingerprint density at radius 2 is 1.83 bits per heavy atom. The molecule has 0 aromatic carbocycles. The van der Waals surface area contributed by atoms with Gasteiger partial charge in [0.05, 0.1) is 6.54 Å². The minimum absolute atomic E-state index is 0.0615. The first-order valence-electron chi connectivity index (χ1n) is 9.07. The van der Waals surface area contributed by atoms with Crippen molar-refractivity contribution in [1.29, 1.82) is 0 Å². The fourth-order valence-corrected chi connectivity index (χ4v) is 2.46. The minimum atomic E-state index is -0.237. The molecule has 0 unspecified atom stereocenters. The zero-order valence-corrected chi connectivity index (χ0v) is 15.3. The molecule has 24 heavy (non-hydrogen) atoms. The molecule has 1 aromatic rings. The van der Waals surface area contributed by atoms with E-state index in [9.17, 15) is 9.59 Å². The quantitative estimate of drug-likeness (QED) is 0.587. The third-order valence-electron chi connectivity index (χ3n) is 3.86. The van der Waals surface area contributed by atoms with Crippen LogP contribution in [0.4, 0.5) is 5.82 Å². The number of carbonyl (C=O) groups is 2. The van der Waals surface area contributed by atoms with Gasteiger partial charge < -0.3 is 14.7 Å². The van der Waals surface area contributed by atoms with Crippen LogP contribution >= 0.6 is 0 Å². The molecule has 0 aliphatic carbocycles. The van der Waals surface area contributed by atoms with Gasteiger partial charge in [-0.05, 0) is 19.8 Å². The van der Waals surface area contributed by atoms with Crippen molar-refractivity contribution in [1.82, 2.24) is 10.1 Å². The summed E-state index contributed by atoms with van der Waals surface area (Å²) in [5, 5.41) is 6.41. The number of hydrogen-bond donors (Lipinski definition) is 1. The van der Waals surface area contributed by atoms with E-state index in [0.717, 1.165) is 25.7 Å². The van der Waals surface area contributed by atoms with Crippen LogP contribution in [0.15, 0.2) is 10.6 Å². The third-order valence-corrected chi connectivity index (χ3v) is 3.86. The van der Waals surface area contributed by atoms with E-state index >= 15 is 0 Å². The number of amides is 2. The van der Waals surface area contributed by atoms with Crippen molar-refractivity contribution in [3.8, 4) is 0 Å². The number of aryl methyl sites for hydroxylation is 1. The Kier molecular flexibility index (Phi) is 9.80. The molecule has 0 spiro atoms. The SMILES string of the molecule is CCCCCCCC(=O)N(CCCC)CC(=O)Nc1cc(C)on1. The second kappa shape index (κ2) is 11.6. The summed E-state index contributed by atoms with van der Waals surface area (Å²) in [4.78, 5) is 26.2. The van der Waals surface area contributed by atoms with Crippen LogP contribution in [0.2, 0.25) is 0 Å². The maximum atomic E-state index is 12.4. The van der Waals surface area contributed by atoms with Gasteiger partial charge in [-0.2, -0.15) is 0 Å². The van der Waals surface area contributed by atoms with E-state index in [1.807, 2.05) is 0 Å². The zero-order valence-electron chi connectivity index (χ0n) is 15.3. The van der Waals surface area contributed by atoms with Gasteiger partial charge in [0.25, 0.3) is 0 Å². The van der Waals surface area contributed by atoms with Gasteiger partial charge in [-0.15, -0.1) is 0 Å². The van der Waals surface area contributed by atoms with E-state index < -0.39 is 0 Å². The fourth-order valence-electron chi connectivity index (χ4n) is 2.46. The lowest BCUT2D eigenvalue weighted by Gasteiger charge is -2.21. The first kappa shape index (κ1) is 20.2. The number of nitrogens with zero attached hydrogens (tertiary/aromatic N) is 2. The van der Waals surface area contributed by atoms with Crippen LogP contribution in [-0.2, 0) is 9.59 Å². The maximum Gasteiger partial charge on any atom is 0.245 e. The number of carbonyl (C=O) groups excluding carboxylic acids is 2. The molecule has 2 amide bonds. The van der Waals surface area contributed by atoms with Crippen molar-refractivity contribution in [3.63, 3.8) is 0 Å². The number of hydrogen-bond acceptors (Lipinski definition) is 4. The Hall–Kier alpha value is -1.85. The lowest BCUT2D eigenvalue weighted by molar-refractivity contribution is -0.134. The molecule has 0 aliphatic heterocycles. The van der Waals surface area contributed by atoms with Gasteiger partial charge in [0.15, 0.2) is 5.82 Å². The number of unbranched alkanes of at least 4 members (excludes halogenated alkanes) is 5. The lowest BCUT2D eigenvalue weighted by Crippen LogP contribution is -2.38. The van der Waals surface area contributed by atoms with Crippen molar-refractivity contribution in [2.24, 2.45) is 0 Å². The van der Waals surface area contributed by atoms with Crippen molar-refractivity contribution in [3.05, 3.63) is 11.8 Å². The average molecular weight is 337 g/mol. The van der Waals surface area contributed by atoms with Gasteiger partial charge in [-0.1, -0.05) is 51.1 Å². The van der Waals surface area contributed by atoms with E-state index in [1.165, 1.54) is 19.3 Å². The molecule has 0 fully saturated rings. The van der Waals surface area contributed by atoms with Crippen molar-refractivity contribution in [2.45, 2.75) is 72.1 Å². The molecule has 1 heterocycles. The largest absolute Gasteiger partial charge is 0.360 e. The van der Waals surface area contributed by atoms with E-state index in [0.29, 0.717) is 24.5 Å². The highest BCUT2D eigenvalue weighted by molar-refractivity contribution is 5.93. The Balaban J connectivity index is 2.44. The molecule has 6 nitrogen and oxygen atoms in total. The highest BCUT2D eigenvalue weighted by atomic mass is 16.5. The summed E-state index contributed by atoms with van der Waals surface area (Å²) in [7, 11) is 0. The Morgan fingerprint density at radius 3 is 2.46 bits per heavy atom. The molecular weight excluding hydrogens is 306 g/mol. The highest BCUT2D eigenvalue weighted by Crippen LogP contribution is 2.10. The molecule has 0 saturated carbocycles. The fraction of sp³-hybridized carbons (Fsp3) is 0.722. The van der Waals surface area contributed by atoms with Gasteiger partial charge >= 0.3 is 0 Å². The first-order valence-corrected chi connectivity index (χ1v) is 9.07. The van der Waals surface area contributed by atoms with Gasteiger partial charge in [-0.3, -0.25) is 9.59 Å². The summed E-state index contributed by atoms with van der Waals surface area (Å²) >= 11 is 0. The lowest BCUT2D eigenvalue weighted by atomic mass is 10.1. The summed E-state index contributed by atoms with van der Waals surface area (Å²) in [6.45, 7) is 6.70. The molecule has 1 N–H and O–H groups in total. The molecular formula is C18H31N3O3. The molecule has 0 atom stereocenters. The molecule has 0 saturated heterocycles. The van der Waals surface area contributed by atoms with E-state index in [2.05, 4.69) is 24.3 Å². The van der Waals surface area contributed by atoms with Crippen LogP contribution in [0.1, 0.15) is 71.0 Å². The smallest absolute Gasteiger partial charge is 0.245 e. The van der Waals surface area contributed by atoms with E-state index in [-0.39, 0.29) is 18.4 Å². The van der Waals surface area contributed by atoms with Crippen LogP contribution in [0.5, 0.6) is 0 Å². The third kappa shape index (κ3) is 8.13. The average Bonchev–Trinajstić information content (AvgIpc) is 2.95. The predicted molar refractivity (Wildman–Crippen MR) is 94.7 cm³/mol. The second-order valence-corrected chi connectivity index (χ2v) is 6.20. The standard InChI is InChI=1S/C18H31N3O3/c1-4-6-8-9-10-11-18(23)21(12-7-5-2)14-17(22)19-16-13-15(3)24-20-16/h13H,4-12,14H2,1-3H3,(H,19,20,22). The van der Waals surface area contributed by atoms with Gasteiger partial charge in [-0.25, -0.2) is 0 Å². The van der Waals surface area contributed by atoms with Crippen molar-refractivity contribution >= 4 is 17.6 Å². The summed E-state index contributed by atoms with van der Waals surface area (Å²) in [5.41, 5.74) is 0. The molecule has 0 bridgehead atoms. The zero-order chi connectivity index (χ0) is 17.8. The summed E-state index contributed by atoms with van der Waals surface area (Å²) < 4.78 is 4.92. The van der Waals surface area contributed by atoms with Crippen molar-refractivity contribution < 1.29 is 14.1 Å². The van der Waals surface area contributed by atoms with Crippen molar-refractivity contribution in [2.75, 3.05) is 18.4 Å². The van der Waals surface area contributed by atoms with Crippen LogP contribution < -0.4 is 5.32 Å². The van der Waals surface area contributed by atoms with E-state index in [4.69, 9.17) is 4.52 Å². The first-order chi connectivity index (χ1) is 11.6. The molecule has 0 radical (unpaired) electrons. The number of anilines is 1. The molecule has 1 rings (SSSR count). The minimum Gasteiger partial charge on any atom is -0.360 e. The van der Waals surface area contributed by atoms with Crippen LogP contribution in [0.25, 0.3) is 0 Å². The van der Waals surface area contributed by atoms with Gasteiger partial charge in [0, 0.05) is 19.0 Å². The van der Waals surface area contributed by atoms with E-state index in [1.54, 1.807) is 17.9 Å². The second-order valence-electron chi connectivity index (χ2n) is 6.20. The molecule has 6 heteroatoms. The monoisotopic (exact) mass is 337 g/mol. The Labute approximate surface area is 145 Å². The molecule has 0 aliphatic rings. The molecule has 136 valence electrons. The number of rotatable bonds is 12. The van der Waals surface area contributed by atoms with Crippen LogP contribution in [-0.4, -0.2) is 35.0 Å². The normalized spacial score (nSPS) is 10.6. The Bertz CT molecular complexity index is 499. The highest BCUT2D eigenvalue weighted by Gasteiger charge is 2.17. The summed E-state index contributed by atoms with van der Waals surface area (Å²) in [6.07, 6.45) is 7.96. The number of aromatic nitrogens is 1. The summed E-state index contributed by atoms with van der Waals surface area (Å²) in [5.74, 6) is 0.849. The number of nitrogens with one attached hydrogen (secondary N) is 1. The molecule has 1 aromatic heterocycles. The van der Waals surface area contributed by atoms with Gasteiger partial charge in [0.2, 0.25) is 11.8 Å². The topological polar surface area (TPSA) is 75.4 Å². The van der Waals surface area contributed by atoms with Crippen LogP contribution in [0.3, 0.4) is 0 Å². The predicted octanol–water partition coefficient (Wildman–Crippen LogP) is 3.91.